The largest absolute Gasteiger partial charge is 0.449 e. The zero-order chi connectivity index (χ0) is 29.9. The summed E-state index contributed by atoms with van der Waals surface area (Å²) in [5.41, 5.74) is 0. The van der Waals surface area contributed by atoms with E-state index in [4.69, 9.17) is 9.47 Å². The number of carbonyl (C=O) groups is 2. The summed E-state index contributed by atoms with van der Waals surface area (Å²) in [6.45, 7) is 6.14. The molecule has 7 rings (SSSR count). The predicted octanol–water partition coefficient (Wildman–Crippen LogP) is 5.93. The van der Waals surface area contributed by atoms with Gasteiger partial charge in [0.15, 0.2) is 0 Å². The molecule has 4 heterocycles. The fraction of sp³-hybridized carbons (Fsp3) is 0.500. The Balaban J connectivity index is 0.853. The molecule has 0 N–H and O–H groups in total. The number of ether oxygens (including phenoxy) is 2. The second-order valence-electron chi connectivity index (χ2n) is 11.9. The van der Waals surface area contributed by atoms with Crippen LogP contribution < -0.4 is 9.80 Å². The van der Waals surface area contributed by atoms with E-state index in [9.17, 15) is 9.59 Å². The molecule has 2 aromatic heterocycles. The van der Waals surface area contributed by atoms with Gasteiger partial charge in [0.1, 0.15) is 11.6 Å². The SMILES string of the molecule is O=C(OCC1CCCCC1COC(=O)N1CCN(c2nsc3ccccc23)CC1)N1CCN(c2nsc3ccccc23)CC1. The number of benzene rings is 2. The smallest absolute Gasteiger partial charge is 0.409 e. The lowest BCUT2D eigenvalue weighted by atomic mass is 9.80. The highest BCUT2D eigenvalue weighted by molar-refractivity contribution is 7.14. The van der Waals surface area contributed by atoms with Gasteiger partial charge in [-0.1, -0.05) is 37.1 Å². The van der Waals surface area contributed by atoms with Gasteiger partial charge in [0.25, 0.3) is 0 Å². The molecule has 232 valence electrons. The first kappa shape index (κ1) is 29.1. The van der Waals surface area contributed by atoms with E-state index in [0.29, 0.717) is 39.4 Å². The van der Waals surface area contributed by atoms with Crippen LogP contribution in [0.4, 0.5) is 21.2 Å². The number of aromatic nitrogens is 2. The van der Waals surface area contributed by atoms with E-state index in [1.54, 1.807) is 9.80 Å². The molecule has 3 aliphatic rings. The van der Waals surface area contributed by atoms with E-state index in [-0.39, 0.29) is 24.0 Å². The maximum atomic E-state index is 13.0. The van der Waals surface area contributed by atoms with Crippen LogP contribution in [0.15, 0.2) is 48.5 Å². The molecule has 12 heteroatoms. The van der Waals surface area contributed by atoms with Crippen molar-refractivity contribution in [1.29, 1.82) is 0 Å². The van der Waals surface area contributed by atoms with Gasteiger partial charge in [-0.2, -0.15) is 8.75 Å². The average Bonchev–Trinajstić information content (AvgIpc) is 3.72. The maximum absolute atomic E-state index is 13.0. The van der Waals surface area contributed by atoms with Gasteiger partial charge in [0, 0.05) is 63.1 Å². The molecular formula is C32H38N6O4S2. The van der Waals surface area contributed by atoms with Crippen molar-refractivity contribution >= 4 is 67.1 Å². The number of rotatable bonds is 6. The van der Waals surface area contributed by atoms with Crippen LogP contribution in [0.3, 0.4) is 0 Å². The van der Waals surface area contributed by atoms with Crippen LogP contribution in [0.25, 0.3) is 20.2 Å². The number of nitrogens with zero attached hydrogens (tertiary/aromatic N) is 6. The van der Waals surface area contributed by atoms with Crippen molar-refractivity contribution in [3.63, 3.8) is 0 Å². The standard InChI is InChI=1S/C32H38N6O4S2/c39-31(37-17-13-35(14-18-37)29-25-9-3-5-11-27(25)43-33-29)41-21-23-7-1-2-8-24(23)22-42-32(40)38-19-15-36(16-20-38)30-26-10-4-6-12-28(26)44-34-30/h3-6,9-12,23-24H,1-2,7-8,13-22H2. The number of piperazine rings is 2. The number of fused-ring (bicyclic) bond motifs is 2. The Morgan fingerprint density at radius 3 is 1.48 bits per heavy atom. The molecule has 0 spiro atoms. The number of carbonyl (C=O) groups excluding carboxylic acids is 2. The fourth-order valence-electron chi connectivity index (χ4n) is 6.67. The summed E-state index contributed by atoms with van der Waals surface area (Å²) in [6.07, 6.45) is 3.70. The lowest BCUT2D eigenvalue weighted by Gasteiger charge is -2.36. The number of amides is 2. The number of hydrogen-bond acceptors (Lipinski definition) is 10. The molecule has 44 heavy (non-hydrogen) atoms. The van der Waals surface area contributed by atoms with Gasteiger partial charge in [-0.3, -0.25) is 0 Å². The summed E-state index contributed by atoms with van der Waals surface area (Å²) < 4.78 is 23.4. The molecule has 0 radical (unpaired) electrons. The van der Waals surface area contributed by atoms with Crippen molar-refractivity contribution < 1.29 is 19.1 Å². The Kier molecular flexibility index (Phi) is 8.70. The minimum atomic E-state index is -0.250. The minimum absolute atomic E-state index is 0.206. The monoisotopic (exact) mass is 634 g/mol. The first-order valence-electron chi connectivity index (χ1n) is 15.7. The molecule has 1 aliphatic carbocycles. The number of anilines is 2. The topological polar surface area (TPSA) is 91.3 Å². The Morgan fingerprint density at radius 2 is 1.05 bits per heavy atom. The third kappa shape index (κ3) is 6.14. The van der Waals surface area contributed by atoms with E-state index in [1.807, 2.05) is 24.3 Å². The van der Waals surface area contributed by atoms with E-state index >= 15 is 0 Å². The van der Waals surface area contributed by atoms with Crippen LogP contribution >= 0.6 is 23.1 Å². The normalized spacial score (nSPS) is 21.2. The molecule has 1 saturated carbocycles. The molecule has 10 nitrogen and oxygen atoms in total. The quantitative estimate of drug-likeness (QED) is 0.258. The lowest BCUT2D eigenvalue weighted by molar-refractivity contribution is 0.0313. The zero-order valence-electron chi connectivity index (χ0n) is 24.8. The lowest BCUT2D eigenvalue weighted by Crippen LogP contribution is -2.49. The third-order valence-corrected chi connectivity index (χ3v) is 10.9. The molecule has 2 unspecified atom stereocenters. The third-order valence-electron chi connectivity index (χ3n) is 9.30. The van der Waals surface area contributed by atoms with Crippen LogP contribution in [-0.2, 0) is 9.47 Å². The summed E-state index contributed by atoms with van der Waals surface area (Å²) in [5, 5.41) is 2.34. The van der Waals surface area contributed by atoms with E-state index in [2.05, 4.69) is 42.8 Å². The Labute approximate surface area is 265 Å². The van der Waals surface area contributed by atoms with Gasteiger partial charge in [-0.05, 0) is 72.0 Å². The maximum Gasteiger partial charge on any atom is 0.409 e. The summed E-state index contributed by atoms with van der Waals surface area (Å²) in [6, 6.07) is 16.6. The van der Waals surface area contributed by atoms with Crippen molar-refractivity contribution in [2.45, 2.75) is 25.7 Å². The zero-order valence-corrected chi connectivity index (χ0v) is 26.4. The van der Waals surface area contributed by atoms with Crippen LogP contribution in [0, 0.1) is 11.8 Å². The first-order chi connectivity index (χ1) is 21.6. The molecule has 0 bridgehead atoms. The molecule has 4 aromatic rings. The van der Waals surface area contributed by atoms with Gasteiger partial charge >= 0.3 is 12.2 Å². The first-order valence-corrected chi connectivity index (χ1v) is 17.2. The fourth-order valence-corrected chi connectivity index (χ4v) is 8.26. The highest BCUT2D eigenvalue weighted by Crippen LogP contribution is 2.33. The van der Waals surface area contributed by atoms with Crippen LogP contribution in [0.2, 0.25) is 0 Å². The molecule has 3 fully saturated rings. The van der Waals surface area contributed by atoms with E-state index < -0.39 is 0 Å². The average molecular weight is 635 g/mol. The van der Waals surface area contributed by atoms with Gasteiger partial charge in [-0.25, -0.2) is 9.59 Å². The van der Waals surface area contributed by atoms with Crippen LogP contribution in [0.1, 0.15) is 25.7 Å². The van der Waals surface area contributed by atoms with Gasteiger partial charge in [0.05, 0.1) is 22.6 Å². The van der Waals surface area contributed by atoms with E-state index in [1.165, 1.54) is 43.2 Å². The van der Waals surface area contributed by atoms with Crippen LogP contribution in [-0.4, -0.2) is 96.3 Å². The Hall–Kier alpha value is -3.64. The predicted molar refractivity (Wildman–Crippen MR) is 175 cm³/mol. The summed E-state index contributed by atoms with van der Waals surface area (Å²) in [7, 11) is 0. The second-order valence-corrected chi connectivity index (χ2v) is 13.5. The molecule has 2 aliphatic heterocycles. The molecule has 2 amide bonds. The number of hydrogen-bond donors (Lipinski definition) is 0. The van der Waals surface area contributed by atoms with Crippen molar-refractivity contribution in [3.8, 4) is 0 Å². The van der Waals surface area contributed by atoms with Crippen molar-refractivity contribution in [3.05, 3.63) is 48.5 Å². The van der Waals surface area contributed by atoms with Gasteiger partial charge in [-0.15, -0.1) is 0 Å². The van der Waals surface area contributed by atoms with Crippen molar-refractivity contribution in [1.82, 2.24) is 18.5 Å². The second kappa shape index (κ2) is 13.2. The van der Waals surface area contributed by atoms with Gasteiger partial charge < -0.3 is 29.1 Å². The molecule has 2 aromatic carbocycles. The highest BCUT2D eigenvalue weighted by Gasteiger charge is 2.31. The molecular weight excluding hydrogens is 597 g/mol. The Bertz CT molecular complexity index is 1480. The molecule has 2 saturated heterocycles. The van der Waals surface area contributed by atoms with E-state index in [0.717, 1.165) is 63.5 Å². The summed E-state index contributed by atoms with van der Waals surface area (Å²) >= 11 is 3.03. The minimum Gasteiger partial charge on any atom is -0.449 e. The highest BCUT2D eigenvalue weighted by atomic mass is 32.1. The van der Waals surface area contributed by atoms with Crippen LogP contribution in [0.5, 0.6) is 0 Å². The van der Waals surface area contributed by atoms with Crippen molar-refractivity contribution in [2.24, 2.45) is 11.8 Å². The summed E-state index contributed by atoms with van der Waals surface area (Å²) in [5.74, 6) is 2.43. The summed E-state index contributed by atoms with van der Waals surface area (Å²) in [4.78, 5) is 34.1. The van der Waals surface area contributed by atoms with Crippen molar-refractivity contribution in [2.75, 3.05) is 75.4 Å². The molecule has 2 atom stereocenters. The van der Waals surface area contributed by atoms with Gasteiger partial charge in [0.2, 0.25) is 0 Å². The Morgan fingerprint density at radius 1 is 0.636 bits per heavy atom.